The average Bonchev–Trinajstić information content (AvgIpc) is 2.96. The highest BCUT2D eigenvalue weighted by atomic mass is 32.2. The molecule has 0 unspecified atom stereocenters. The average molecular weight is 397 g/mol. The Hall–Kier alpha value is -2.26. The fourth-order valence-electron chi connectivity index (χ4n) is 2.76. The predicted molar refractivity (Wildman–Crippen MR) is 95.0 cm³/mol. The van der Waals surface area contributed by atoms with E-state index in [4.69, 9.17) is 0 Å². The molecule has 26 heavy (non-hydrogen) atoms. The van der Waals surface area contributed by atoms with Crippen LogP contribution in [0.4, 0.5) is 10.1 Å². The molecule has 0 aliphatic carbocycles. The number of carbonyl (C=O) groups is 1. The van der Waals surface area contributed by atoms with Gasteiger partial charge in [0.15, 0.2) is 19.7 Å². The quantitative estimate of drug-likeness (QED) is 0.851. The van der Waals surface area contributed by atoms with E-state index in [1.54, 1.807) is 0 Å². The Morgan fingerprint density at radius 1 is 1.12 bits per heavy atom. The predicted octanol–water partition coefficient (Wildman–Crippen LogP) is 2.04. The van der Waals surface area contributed by atoms with Crippen molar-refractivity contribution in [1.29, 1.82) is 0 Å². The topological polar surface area (TPSA) is 97.4 Å². The third-order valence-electron chi connectivity index (χ3n) is 4.16. The van der Waals surface area contributed by atoms with Crippen LogP contribution >= 0.6 is 0 Å². The number of amides is 1. The number of hydrogen-bond donors (Lipinski definition) is 1. The maximum Gasteiger partial charge on any atom is 0.255 e. The first kappa shape index (κ1) is 18.5. The van der Waals surface area contributed by atoms with Gasteiger partial charge in [0.05, 0.1) is 21.7 Å². The normalized spacial score (nSPS) is 19.2. The number of rotatable bonds is 4. The molecule has 0 radical (unpaired) electrons. The lowest BCUT2D eigenvalue weighted by Gasteiger charge is -2.11. The minimum Gasteiger partial charge on any atom is -0.322 e. The van der Waals surface area contributed by atoms with Gasteiger partial charge in [0.25, 0.3) is 5.91 Å². The van der Waals surface area contributed by atoms with E-state index in [2.05, 4.69) is 5.32 Å². The molecule has 0 spiro atoms. The van der Waals surface area contributed by atoms with E-state index < -0.39 is 36.6 Å². The molecule has 9 heteroatoms. The monoisotopic (exact) mass is 397 g/mol. The molecular formula is C17H16FNO5S2. The van der Waals surface area contributed by atoms with Gasteiger partial charge >= 0.3 is 0 Å². The molecule has 6 nitrogen and oxygen atoms in total. The van der Waals surface area contributed by atoms with Crippen LogP contribution in [0.1, 0.15) is 16.8 Å². The third kappa shape index (κ3) is 3.94. The highest BCUT2D eigenvalue weighted by Gasteiger charge is 2.37. The summed E-state index contributed by atoms with van der Waals surface area (Å²) in [6.45, 7) is 0. The van der Waals surface area contributed by atoms with Crippen molar-refractivity contribution in [2.24, 2.45) is 0 Å². The molecule has 0 bridgehead atoms. The Morgan fingerprint density at radius 2 is 1.81 bits per heavy atom. The first-order chi connectivity index (χ1) is 12.2. The van der Waals surface area contributed by atoms with Crippen molar-refractivity contribution in [2.45, 2.75) is 16.6 Å². The van der Waals surface area contributed by atoms with Crippen LogP contribution in [0.5, 0.6) is 0 Å². The number of benzene rings is 2. The second kappa shape index (κ2) is 6.81. The van der Waals surface area contributed by atoms with E-state index in [0.29, 0.717) is 0 Å². The van der Waals surface area contributed by atoms with Crippen LogP contribution in [0.3, 0.4) is 0 Å². The summed E-state index contributed by atoms with van der Waals surface area (Å²) in [7, 11) is -7.10. The van der Waals surface area contributed by atoms with Gasteiger partial charge in [-0.2, -0.15) is 0 Å². The number of sulfone groups is 2. The molecule has 0 aromatic heterocycles. The second-order valence-corrected chi connectivity index (χ2v) is 10.5. The van der Waals surface area contributed by atoms with E-state index in [-0.39, 0.29) is 34.1 Å². The Kier molecular flexibility index (Phi) is 4.85. The smallest absolute Gasteiger partial charge is 0.255 e. The first-order valence-corrected chi connectivity index (χ1v) is 11.2. The molecule has 1 N–H and O–H groups in total. The number of nitrogens with one attached hydrogen (secondary N) is 1. The second-order valence-electron chi connectivity index (χ2n) is 6.06. The summed E-state index contributed by atoms with van der Waals surface area (Å²) < 4.78 is 61.2. The first-order valence-electron chi connectivity index (χ1n) is 7.79. The van der Waals surface area contributed by atoms with Crippen molar-refractivity contribution < 1.29 is 26.0 Å². The fraction of sp³-hybridized carbons (Fsp3) is 0.235. The zero-order chi connectivity index (χ0) is 18.9. The van der Waals surface area contributed by atoms with Gasteiger partial charge in [0.1, 0.15) is 5.82 Å². The van der Waals surface area contributed by atoms with Crippen molar-refractivity contribution in [3.8, 4) is 0 Å². The molecule has 1 atom stereocenters. The zero-order valence-electron chi connectivity index (χ0n) is 13.6. The minimum atomic E-state index is -3.78. The van der Waals surface area contributed by atoms with E-state index >= 15 is 0 Å². The van der Waals surface area contributed by atoms with Crippen LogP contribution in [0.2, 0.25) is 0 Å². The lowest BCUT2D eigenvalue weighted by atomic mass is 10.2. The molecule has 2 aromatic carbocycles. The summed E-state index contributed by atoms with van der Waals surface area (Å²) >= 11 is 0. The Labute approximate surface area is 150 Å². The molecule has 138 valence electrons. The van der Waals surface area contributed by atoms with Gasteiger partial charge in [-0.25, -0.2) is 21.2 Å². The maximum atomic E-state index is 13.1. The van der Waals surface area contributed by atoms with Crippen LogP contribution in [0, 0.1) is 5.82 Å². The van der Waals surface area contributed by atoms with Gasteiger partial charge in [-0.3, -0.25) is 4.79 Å². The van der Waals surface area contributed by atoms with Gasteiger partial charge in [-0.1, -0.05) is 6.07 Å². The molecule has 1 heterocycles. The highest BCUT2D eigenvalue weighted by molar-refractivity contribution is 7.96. The lowest BCUT2D eigenvalue weighted by Crippen LogP contribution is -2.22. The largest absolute Gasteiger partial charge is 0.322 e. The van der Waals surface area contributed by atoms with E-state index in [9.17, 15) is 26.0 Å². The summed E-state index contributed by atoms with van der Waals surface area (Å²) in [5.41, 5.74) is 0.482. The number of carbonyl (C=O) groups excluding carboxylic acids is 1. The van der Waals surface area contributed by atoms with Crippen molar-refractivity contribution in [1.82, 2.24) is 0 Å². The van der Waals surface area contributed by atoms with Crippen molar-refractivity contribution >= 4 is 31.3 Å². The lowest BCUT2D eigenvalue weighted by molar-refractivity contribution is 0.102. The molecule has 1 aliphatic rings. The zero-order valence-corrected chi connectivity index (χ0v) is 15.2. The van der Waals surface area contributed by atoms with E-state index in [1.807, 2.05) is 0 Å². The standard InChI is InChI=1S/C17H16FNO5S2/c18-13-2-1-3-14(10-13)19-17(20)12-4-6-15(7-5-12)26(23,24)16-8-9-25(21,22)11-16/h1-7,10,16H,8-9,11H2,(H,19,20)/t16-/m0/s1. The summed E-state index contributed by atoms with van der Waals surface area (Å²) in [5, 5.41) is 1.56. The van der Waals surface area contributed by atoms with Gasteiger partial charge in [-0.05, 0) is 48.9 Å². The molecular weight excluding hydrogens is 381 g/mol. The maximum absolute atomic E-state index is 13.1. The molecule has 1 fully saturated rings. The van der Waals surface area contributed by atoms with Crippen LogP contribution in [-0.2, 0) is 19.7 Å². The van der Waals surface area contributed by atoms with E-state index in [1.165, 1.54) is 42.5 Å². The van der Waals surface area contributed by atoms with Crippen LogP contribution < -0.4 is 5.32 Å². The van der Waals surface area contributed by atoms with Gasteiger partial charge < -0.3 is 5.32 Å². The van der Waals surface area contributed by atoms with Gasteiger partial charge in [0, 0.05) is 11.3 Å². The van der Waals surface area contributed by atoms with Crippen molar-refractivity contribution in [3.05, 3.63) is 59.9 Å². The van der Waals surface area contributed by atoms with Crippen LogP contribution in [0.25, 0.3) is 0 Å². The molecule has 1 aliphatic heterocycles. The van der Waals surface area contributed by atoms with E-state index in [0.717, 1.165) is 6.07 Å². The summed E-state index contributed by atoms with van der Waals surface area (Å²) in [6, 6.07) is 10.6. The highest BCUT2D eigenvalue weighted by Crippen LogP contribution is 2.25. The summed E-state index contributed by atoms with van der Waals surface area (Å²) in [4.78, 5) is 12.1. The number of halogens is 1. The Balaban J connectivity index is 1.77. The molecule has 0 saturated carbocycles. The summed E-state index contributed by atoms with van der Waals surface area (Å²) in [6.07, 6.45) is 0.0759. The fourth-order valence-corrected chi connectivity index (χ4v) is 7.12. The van der Waals surface area contributed by atoms with Gasteiger partial charge in [-0.15, -0.1) is 0 Å². The minimum absolute atomic E-state index is 0.0260. The number of anilines is 1. The molecule has 1 saturated heterocycles. The summed E-state index contributed by atoms with van der Waals surface area (Å²) in [5.74, 6) is -1.51. The van der Waals surface area contributed by atoms with Crippen molar-refractivity contribution in [3.63, 3.8) is 0 Å². The van der Waals surface area contributed by atoms with Crippen LogP contribution in [0.15, 0.2) is 53.4 Å². The van der Waals surface area contributed by atoms with Gasteiger partial charge in [0.2, 0.25) is 0 Å². The SMILES string of the molecule is O=C(Nc1cccc(F)c1)c1ccc(S(=O)(=O)[C@H]2CCS(=O)(=O)C2)cc1. The third-order valence-corrected chi connectivity index (χ3v) is 8.35. The Bertz CT molecular complexity index is 1050. The van der Waals surface area contributed by atoms with Crippen molar-refractivity contribution in [2.75, 3.05) is 16.8 Å². The molecule has 3 rings (SSSR count). The molecule has 2 aromatic rings. The molecule has 1 amide bonds. The Morgan fingerprint density at radius 3 is 2.38 bits per heavy atom. The van der Waals surface area contributed by atoms with Crippen LogP contribution in [-0.4, -0.2) is 39.5 Å². The number of hydrogen-bond acceptors (Lipinski definition) is 5.